The van der Waals surface area contributed by atoms with Crippen molar-refractivity contribution in [2.45, 2.75) is 32.1 Å². The first-order valence-corrected chi connectivity index (χ1v) is 7.24. The molecule has 2 heterocycles. The number of carboxylic acids is 1. The highest BCUT2D eigenvalue weighted by Gasteiger charge is 2.33. The molecule has 2 rings (SSSR count). The van der Waals surface area contributed by atoms with Crippen LogP contribution in [-0.2, 0) is 17.6 Å². The first-order chi connectivity index (χ1) is 12.8. The maximum atomic E-state index is 12.0. The van der Waals surface area contributed by atoms with Crippen LogP contribution in [0.4, 0.5) is 26.3 Å². The summed E-state index contributed by atoms with van der Waals surface area (Å²) in [5.74, 6) is -2.45. The molecular formula is C14H12F6N2O6. The lowest BCUT2D eigenvalue weighted by Crippen LogP contribution is -2.15. The van der Waals surface area contributed by atoms with Crippen molar-refractivity contribution in [2.75, 3.05) is 6.61 Å². The fourth-order valence-electron chi connectivity index (χ4n) is 1.74. The van der Waals surface area contributed by atoms with E-state index in [1.807, 2.05) is 0 Å². The quantitative estimate of drug-likeness (QED) is 0.580. The fraction of sp³-hybridized carbons (Fsp3) is 0.429. The van der Waals surface area contributed by atoms with Gasteiger partial charge in [-0.05, 0) is 6.92 Å². The van der Waals surface area contributed by atoms with Crippen molar-refractivity contribution >= 4 is 11.9 Å². The average Bonchev–Trinajstić information content (AvgIpc) is 3.14. The highest BCUT2D eigenvalue weighted by Crippen LogP contribution is 2.24. The number of carbonyl (C=O) groups is 2. The summed E-state index contributed by atoms with van der Waals surface area (Å²) < 4.78 is 84.4. The minimum Gasteiger partial charge on any atom is -0.476 e. The zero-order chi connectivity index (χ0) is 21.5. The smallest absolute Gasteiger partial charge is 0.393 e. The fourth-order valence-corrected chi connectivity index (χ4v) is 1.74. The number of esters is 1. The number of nitrogens with zero attached hydrogens (tertiary/aromatic N) is 2. The third-order valence-electron chi connectivity index (χ3n) is 2.74. The summed E-state index contributed by atoms with van der Waals surface area (Å²) in [4.78, 5) is 21.4. The molecule has 2 aromatic heterocycles. The van der Waals surface area contributed by atoms with Crippen LogP contribution in [0.15, 0.2) is 21.6 Å². The van der Waals surface area contributed by atoms with Crippen molar-refractivity contribution in [3.8, 4) is 0 Å². The van der Waals surface area contributed by atoms with E-state index in [4.69, 9.17) is 5.11 Å². The minimum atomic E-state index is -4.46. The summed E-state index contributed by atoms with van der Waals surface area (Å²) in [5, 5.41) is 14.5. The van der Waals surface area contributed by atoms with Crippen LogP contribution in [0.25, 0.3) is 0 Å². The lowest BCUT2D eigenvalue weighted by molar-refractivity contribution is -0.128. The van der Waals surface area contributed by atoms with E-state index in [9.17, 15) is 35.9 Å². The Morgan fingerprint density at radius 2 is 1.39 bits per heavy atom. The van der Waals surface area contributed by atoms with Gasteiger partial charge in [0.15, 0.2) is 11.4 Å². The normalized spacial score (nSPS) is 11.5. The number of ether oxygens (including phenoxy) is 1. The van der Waals surface area contributed by atoms with Gasteiger partial charge in [-0.25, -0.2) is 9.59 Å². The van der Waals surface area contributed by atoms with Gasteiger partial charge in [-0.3, -0.25) is 0 Å². The van der Waals surface area contributed by atoms with Crippen molar-refractivity contribution in [1.82, 2.24) is 10.3 Å². The number of hydrogen-bond acceptors (Lipinski definition) is 7. The number of hydrogen-bond donors (Lipinski definition) is 1. The van der Waals surface area contributed by atoms with Gasteiger partial charge in [0.2, 0.25) is 0 Å². The van der Waals surface area contributed by atoms with E-state index in [2.05, 4.69) is 24.1 Å². The third kappa shape index (κ3) is 7.67. The van der Waals surface area contributed by atoms with Gasteiger partial charge in [0.05, 0.1) is 19.4 Å². The van der Waals surface area contributed by atoms with Crippen molar-refractivity contribution in [2.24, 2.45) is 0 Å². The van der Waals surface area contributed by atoms with Crippen LogP contribution in [0.5, 0.6) is 0 Å². The second kappa shape index (κ2) is 9.23. The van der Waals surface area contributed by atoms with Crippen LogP contribution in [-0.4, -0.2) is 46.3 Å². The van der Waals surface area contributed by atoms with Gasteiger partial charge in [0.1, 0.15) is 12.5 Å². The van der Waals surface area contributed by atoms with Crippen LogP contribution in [0.1, 0.15) is 39.0 Å². The van der Waals surface area contributed by atoms with Crippen molar-refractivity contribution in [3.63, 3.8) is 0 Å². The molecule has 0 aliphatic heterocycles. The standard InChI is InChI=1S/C8H8F3NO3.C6H4F3NO3/c1-2-14-7(13)6-5(4-15-12-6)3-8(9,10)11;7-6(8,9)1-3-2-13-10-4(3)5(11)12/h4H,2-3H2,1H3;2H,1H2,(H,11,12). The number of aromatic nitrogens is 2. The maximum absolute atomic E-state index is 12.0. The van der Waals surface area contributed by atoms with Crippen molar-refractivity contribution in [3.05, 3.63) is 35.0 Å². The largest absolute Gasteiger partial charge is 0.476 e. The van der Waals surface area contributed by atoms with E-state index in [-0.39, 0.29) is 12.2 Å². The summed E-state index contributed by atoms with van der Waals surface area (Å²) in [6.45, 7) is 1.61. The van der Waals surface area contributed by atoms with E-state index in [1.165, 1.54) is 0 Å². The molecule has 1 N–H and O–H groups in total. The van der Waals surface area contributed by atoms with Crippen molar-refractivity contribution < 1.29 is 54.8 Å². The van der Waals surface area contributed by atoms with Crippen molar-refractivity contribution in [1.29, 1.82) is 0 Å². The second-order valence-corrected chi connectivity index (χ2v) is 4.99. The van der Waals surface area contributed by atoms with Crippen LogP contribution < -0.4 is 0 Å². The summed E-state index contributed by atoms with van der Waals surface area (Å²) in [5.41, 5.74) is -1.91. The Morgan fingerprint density at radius 3 is 1.79 bits per heavy atom. The highest BCUT2D eigenvalue weighted by atomic mass is 19.4. The zero-order valence-electron chi connectivity index (χ0n) is 13.9. The molecule has 0 spiro atoms. The predicted molar refractivity (Wildman–Crippen MR) is 75.4 cm³/mol. The summed E-state index contributed by atoms with van der Waals surface area (Å²) in [6, 6.07) is 0. The minimum absolute atomic E-state index is 0.0666. The van der Waals surface area contributed by atoms with E-state index >= 15 is 0 Å². The zero-order valence-corrected chi connectivity index (χ0v) is 13.9. The van der Waals surface area contributed by atoms with Gasteiger partial charge in [-0.2, -0.15) is 26.3 Å². The summed E-state index contributed by atoms with van der Waals surface area (Å²) in [7, 11) is 0. The average molecular weight is 418 g/mol. The number of rotatable bonds is 5. The Bertz CT molecular complexity index is 795. The molecule has 0 saturated heterocycles. The Morgan fingerprint density at radius 1 is 0.964 bits per heavy atom. The van der Waals surface area contributed by atoms with Gasteiger partial charge in [-0.1, -0.05) is 10.3 Å². The van der Waals surface area contributed by atoms with E-state index < -0.39 is 54.1 Å². The number of carboxylic acid groups (broad SMARTS) is 1. The lowest BCUT2D eigenvalue weighted by Gasteiger charge is -2.04. The molecule has 0 aromatic carbocycles. The SMILES string of the molecule is CCOC(=O)c1nocc1CC(F)(F)F.O=C(O)c1nocc1CC(F)(F)F. The monoisotopic (exact) mass is 418 g/mol. The highest BCUT2D eigenvalue weighted by molar-refractivity contribution is 5.88. The molecule has 0 amide bonds. The number of halogens is 6. The van der Waals surface area contributed by atoms with Gasteiger partial charge < -0.3 is 18.9 Å². The maximum Gasteiger partial charge on any atom is 0.393 e. The predicted octanol–water partition coefficient (Wildman–Crippen LogP) is 3.43. The Hall–Kier alpha value is -3.06. The van der Waals surface area contributed by atoms with Crippen LogP contribution in [0.2, 0.25) is 0 Å². The van der Waals surface area contributed by atoms with Gasteiger partial charge in [0, 0.05) is 11.1 Å². The Kier molecular flexibility index (Phi) is 7.58. The van der Waals surface area contributed by atoms with Gasteiger partial charge in [0.25, 0.3) is 0 Å². The van der Waals surface area contributed by atoms with E-state index in [0.29, 0.717) is 6.26 Å². The molecule has 8 nitrogen and oxygen atoms in total. The Balaban J connectivity index is 0.000000283. The summed E-state index contributed by atoms with van der Waals surface area (Å²) in [6.07, 6.45) is -10.0. The van der Waals surface area contributed by atoms with Crippen LogP contribution >= 0.6 is 0 Å². The third-order valence-corrected chi connectivity index (χ3v) is 2.74. The van der Waals surface area contributed by atoms with Crippen LogP contribution in [0, 0.1) is 0 Å². The topological polar surface area (TPSA) is 116 Å². The molecule has 0 fully saturated rings. The summed E-state index contributed by atoms with van der Waals surface area (Å²) >= 11 is 0. The molecular weight excluding hydrogens is 406 g/mol. The molecule has 2 aromatic rings. The molecule has 0 radical (unpaired) electrons. The molecule has 156 valence electrons. The Labute approximate surface area is 152 Å². The number of carbonyl (C=O) groups excluding carboxylic acids is 1. The molecule has 0 atom stereocenters. The van der Waals surface area contributed by atoms with E-state index in [1.54, 1.807) is 6.92 Å². The molecule has 0 aliphatic rings. The molecule has 0 aliphatic carbocycles. The van der Waals surface area contributed by atoms with Gasteiger partial charge >= 0.3 is 24.3 Å². The molecule has 28 heavy (non-hydrogen) atoms. The molecule has 0 bridgehead atoms. The molecule has 14 heteroatoms. The molecule has 0 unspecified atom stereocenters. The second-order valence-electron chi connectivity index (χ2n) is 4.99. The van der Waals surface area contributed by atoms with Gasteiger partial charge in [-0.15, -0.1) is 0 Å². The number of aromatic carboxylic acids is 1. The number of alkyl halides is 6. The first-order valence-electron chi connectivity index (χ1n) is 7.24. The van der Waals surface area contributed by atoms with E-state index in [0.717, 1.165) is 6.26 Å². The first kappa shape index (κ1) is 23.0. The van der Waals surface area contributed by atoms with Crippen LogP contribution in [0.3, 0.4) is 0 Å². The molecule has 0 saturated carbocycles. The lowest BCUT2D eigenvalue weighted by atomic mass is 10.2.